The molecule has 1 aromatic rings. The minimum absolute atomic E-state index is 0.0958. The molecule has 0 spiro atoms. The Bertz CT molecular complexity index is 556. The second-order valence-electron chi connectivity index (χ2n) is 5.30. The molecule has 110 valence electrons. The summed E-state index contributed by atoms with van der Waals surface area (Å²) < 4.78 is 1.56. The first-order valence-electron chi connectivity index (χ1n) is 6.76. The highest BCUT2D eigenvalue weighted by molar-refractivity contribution is 7.99. The topological polar surface area (TPSA) is 90.0 Å². The zero-order chi connectivity index (χ0) is 14.7. The Kier molecular flexibility index (Phi) is 4.82. The van der Waals surface area contributed by atoms with Gasteiger partial charge in [-0.1, -0.05) is 25.6 Å². The number of hydrogen-bond acceptors (Lipinski definition) is 5. The highest BCUT2D eigenvalue weighted by atomic mass is 32.2. The summed E-state index contributed by atoms with van der Waals surface area (Å²) in [6, 6.07) is -0.116. The molecule has 1 aliphatic heterocycles. The van der Waals surface area contributed by atoms with Crippen molar-refractivity contribution in [1.82, 2.24) is 14.9 Å². The van der Waals surface area contributed by atoms with Crippen molar-refractivity contribution in [3.05, 3.63) is 22.1 Å². The molecule has 1 amide bonds. The van der Waals surface area contributed by atoms with Gasteiger partial charge < -0.3 is 11.1 Å². The number of nitrogens with zero attached hydrogens (tertiary/aromatic N) is 2. The average Bonchev–Trinajstić information content (AvgIpc) is 2.86. The molecule has 0 radical (unpaired) electrons. The van der Waals surface area contributed by atoms with Gasteiger partial charge in [-0.05, 0) is 12.3 Å². The average molecular weight is 296 g/mol. The molecule has 0 saturated carbocycles. The van der Waals surface area contributed by atoms with E-state index in [4.69, 9.17) is 5.73 Å². The maximum atomic E-state index is 12.2. The monoisotopic (exact) mass is 296 g/mol. The predicted molar refractivity (Wildman–Crippen MR) is 79.0 cm³/mol. The van der Waals surface area contributed by atoms with Crippen molar-refractivity contribution in [1.29, 1.82) is 0 Å². The number of amides is 1. The number of rotatable bonds is 5. The molecule has 20 heavy (non-hydrogen) atoms. The van der Waals surface area contributed by atoms with E-state index in [0.29, 0.717) is 24.2 Å². The van der Waals surface area contributed by atoms with Crippen LogP contribution in [0.25, 0.3) is 0 Å². The van der Waals surface area contributed by atoms with Gasteiger partial charge in [-0.2, -0.15) is 0 Å². The lowest BCUT2D eigenvalue weighted by Crippen LogP contribution is -2.43. The lowest BCUT2D eigenvalue weighted by molar-refractivity contribution is 0.0931. The normalized spacial score (nSPS) is 15.2. The lowest BCUT2D eigenvalue weighted by Gasteiger charge is -2.18. The Labute approximate surface area is 122 Å². The molecule has 0 bridgehead atoms. The Balaban J connectivity index is 2.16. The van der Waals surface area contributed by atoms with Gasteiger partial charge in [0.15, 0.2) is 5.16 Å². The molecule has 0 aliphatic carbocycles. The van der Waals surface area contributed by atoms with Crippen molar-refractivity contribution in [2.45, 2.75) is 38.0 Å². The third kappa shape index (κ3) is 3.21. The molecular weight excluding hydrogens is 276 g/mol. The molecule has 1 atom stereocenters. The second-order valence-corrected chi connectivity index (χ2v) is 6.36. The van der Waals surface area contributed by atoms with Crippen molar-refractivity contribution in [3.63, 3.8) is 0 Å². The number of nitrogens with two attached hydrogens (primary N) is 1. The van der Waals surface area contributed by atoms with Gasteiger partial charge in [-0.15, -0.1) is 0 Å². The van der Waals surface area contributed by atoms with Crippen LogP contribution in [0.4, 0.5) is 0 Å². The van der Waals surface area contributed by atoms with Crippen LogP contribution in [-0.2, 0) is 6.54 Å². The van der Waals surface area contributed by atoms with E-state index in [9.17, 15) is 9.59 Å². The van der Waals surface area contributed by atoms with Gasteiger partial charge in [0.2, 0.25) is 0 Å². The summed E-state index contributed by atoms with van der Waals surface area (Å²) in [7, 11) is 0. The summed E-state index contributed by atoms with van der Waals surface area (Å²) in [5.74, 6) is 0.872. The van der Waals surface area contributed by atoms with Crippen molar-refractivity contribution >= 4 is 17.7 Å². The molecule has 0 saturated heterocycles. The Morgan fingerprint density at radius 1 is 1.60 bits per heavy atom. The number of nitrogens with one attached hydrogen (secondary N) is 1. The Morgan fingerprint density at radius 2 is 2.35 bits per heavy atom. The van der Waals surface area contributed by atoms with Crippen LogP contribution in [0, 0.1) is 5.92 Å². The zero-order valence-electron chi connectivity index (χ0n) is 11.8. The number of aromatic nitrogens is 2. The fraction of sp³-hybridized carbons (Fsp3) is 0.615. The van der Waals surface area contributed by atoms with E-state index >= 15 is 0 Å². The molecule has 0 fully saturated rings. The molecule has 1 unspecified atom stereocenters. The van der Waals surface area contributed by atoms with Gasteiger partial charge >= 0.3 is 0 Å². The van der Waals surface area contributed by atoms with Crippen molar-refractivity contribution in [2.75, 3.05) is 12.3 Å². The first-order chi connectivity index (χ1) is 9.52. The highest BCUT2D eigenvalue weighted by Gasteiger charge is 2.21. The van der Waals surface area contributed by atoms with Crippen LogP contribution in [0.5, 0.6) is 0 Å². The van der Waals surface area contributed by atoms with Crippen LogP contribution in [0.3, 0.4) is 0 Å². The van der Waals surface area contributed by atoms with Crippen LogP contribution < -0.4 is 16.6 Å². The van der Waals surface area contributed by atoms with E-state index in [1.165, 1.54) is 18.0 Å². The maximum absolute atomic E-state index is 12.2. The first kappa shape index (κ1) is 15.1. The number of thioether (sulfide) groups is 1. The first-order valence-corrected chi connectivity index (χ1v) is 7.75. The molecule has 1 aromatic heterocycles. The summed E-state index contributed by atoms with van der Waals surface area (Å²) in [5, 5.41) is 3.51. The number of hydrogen-bond donors (Lipinski definition) is 2. The number of fused-ring (bicyclic) bond motifs is 1. The fourth-order valence-corrected chi connectivity index (χ4v) is 3.13. The third-order valence-corrected chi connectivity index (χ3v) is 4.15. The predicted octanol–water partition coefficient (Wildman–Crippen LogP) is 0.452. The Morgan fingerprint density at radius 3 is 3.00 bits per heavy atom. The molecular formula is C13H20N4O2S. The smallest absolute Gasteiger partial charge is 0.267 e. The van der Waals surface area contributed by atoms with E-state index in [1.54, 1.807) is 4.57 Å². The molecule has 2 heterocycles. The van der Waals surface area contributed by atoms with Crippen LogP contribution in [0.1, 0.15) is 30.6 Å². The van der Waals surface area contributed by atoms with Crippen molar-refractivity contribution < 1.29 is 4.79 Å². The van der Waals surface area contributed by atoms with Crippen molar-refractivity contribution in [3.8, 4) is 0 Å². The quantitative estimate of drug-likeness (QED) is 0.770. The van der Waals surface area contributed by atoms with E-state index in [0.717, 1.165) is 12.2 Å². The summed E-state index contributed by atoms with van der Waals surface area (Å²) >= 11 is 1.53. The highest BCUT2D eigenvalue weighted by Crippen LogP contribution is 2.20. The lowest BCUT2D eigenvalue weighted by atomic mass is 10.0. The minimum atomic E-state index is -0.384. The van der Waals surface area contributed by atoms with Crippen LogP contribution in [-0.4, -0.2) is 33.8 Å². The summed E-state index contributed by atoms with van der Waals surface area (Å²) in [6.07, 6.45) is 2.16. The largest absolute Gasteiger partial charge is 0.348 e. The standard InChI is InChI=1S/C13H20N4O2S/c1-8(2)5-9(6-14)16-11(18)10-7-15-13-17(12(10)19)3-4-20-13/h7-9H,3-6,14H2,1-2H3,(H,16,18). The molecule has 6 nitrogen and oxygen atoms in total. The van der Waals surface area contributed by atoms with E-state index in [2.05, 4.69) is 24.1 Å². The summed E-state index contributed by atoms with van der Waals surface area (Å²) in [4.78, 5) is 28.6. The zero-order valence-corrected chi connectivity index (χ0v) is 12.6. The van der Waals surface area contributed by atoms with Gasteiger partial charge in [0, 0.05) is 31.1 Å². The van der Waals surface area contributed by atoms with Gasteiger partial charge in [-0.3, -0.25) is 14.2 Å². The van der Waals surface area contributed by atoms with E-state index in [-0.39, 0.29) is 23.1 Å². The fourth-order valence-electron chi connectivity index (χ4n) is 2.22. The van der Waals surface area contributed by atoms with Crippen LogP contribution >= 0.6 is 11.8 Å². The number of carbonyl (C=O) groups excluding carboxylic acids is 1. The molecule has 2 rings (SSSR count). The summed E-state index contributed by atoms with van der Waals surface area (Å²) in [5.41, 5.74) is 5.49. The minimum Gasteiger partial charge on any atom is -0.348 e. The molecule has 1 aliphatic rings. The summed E-state index contributed by atoms with van der Waals surface area (Å²) in [6.45, 7) is 5.11. The molecule has 0 aromatic carbocycles. The van der Waals surface area contributed by atoms with Crippen LogP contribution in [0.15, 0.2) is 16.1 Å². The second kappa shape index (κ2) is 6.41. The van der Waals surface area contributed by atoms with Gasteiger partial charge in [0.05, 0.1) is 0 Å². The van der Waals surface area contributed by atoms with Gasteiger partial charge in [0.1, 0.15) is 5.56 Å². The van der Waals surface area contributed by atoms with Crippen LogP contribution in [0.2, 0.25) is 0 Å². The SMILES string of the molecule is CC(C)CC(CN)NC(=O)c1cnc2n(c1=O)CCS2. The maximum Gasteiger partial charge on any atom is 0.267 e. The molecule has 3 N–H and O–H groups in total. The molecule has 7 heteroatoms. The third-order valence-electron chi connectivity index (χ3n) is 3.18. The number of carbonyl (C=O) groups is 1. The van der Waals surface area contributed by atoms with E-state index < -0.39 is 0 Å². The van der Waals surface area contributed by atoms with E-state index in [1.807, 2.05) is 0 Å². The van der Waals surface area contributed by atoms with Gasteiger partial charge in [0.25, 0.3) is 11.5 Å². The van der Waals surface area contributed by atoms with Gasteiger partial charge in [-0.25, -0.2) is 4.98 Å². The Hall–Kier alpha value is -1.34. The van der Waals surface area contributed by atoms with Crippen molar-refractivity contribution in [2.24, 2.45) is 11.7 Å².